The maximum atomic E-state index is 13.6. The van der Waals surface area contributed by atoms with E-state index >= 15 is 0 Å². The lowest BCUT2D eigenvalue weighted by molar-refractivity contribution is -0.117. The summed E-state index contributed by atoms with van der Waals surface area (Å²) in [6.45, 7) is 2.23. The number of amides is 2. The van der Waals surface area contributed by atoms with Crippen molar-refractivity contribution in [1.29, 1.82) is 0 Å². The molecule has 1 N–H and O–H groups in total. The number of anilines is 2. The molecule has 0 spiro atoms. The fraction of sp³-hybridized carbons (Fsp3) is 0.300. The molecule has 0 atom stereocenters. The van der Waals surface area contributed by atoms with E-state index in [0.717, 1.165) is 17.7 Å². The van der Waals surface area contributed by atoms with E-state index in [0.29, 0.717) is 37.1 Å². The minimum absolute atomic E-state index is 0.00659. The molecule has 0 aliphatic carbocycles. The normalized spacial score (nSPS) is 12.8. The zero-order valence-corrected chi connectivity index (χ0v) is 14.2. The number of halogens is 1. The lowest BCUT2D eigenvalue weighted by Gasteiger charge is -2.15. The van der Waals surface area contributed by atoms with Gasteiger partial charge in [0.15, 0.2) is 0 Å². The van der Waals surface area contributed by atoms with Crippen LogP contribution in [0.2, 0.25) is 0 Å². The molecule has 2 aromatic carbocycles. The highest BCUT2D eigenvalue weighted by atomic mass is 19.1. The second-order valence-electron chi connectivity index (χ2n) is 6.26. The van der Waals surface area contributed by atoms with E-state index in [2.05, 4.69) is 5.32 Å². The van der Waals surface area contributed by atoms with Crippen LogP contribution in [0.3, 0.4) is 0 Å². The molecule has 0 unspecified atom stereocenters. The molecule has 3 rings (SSSR count). The van der Waals surface area contributed by atoms with Crippen LogP contribution in [0.25, 0.3) is 0 Å². The van der Waals surface area contributed by atoms with Crippen molar-refractivity contribution in [3.63, 3.8) is 0 Å². The fourth-order valence-electron chi connectivity index (χ4n) is 3.15. The number of fused-ring (bicyclic) bond motifs is 1. The number of hydrogen-bond donors (Lipinski definition) is 1. The number of carbonyl (C=O) groups is 2. The maximum Gasteiger partial charge on any atom is 0.224 e. The summed E-state index contributed by atoms with van der Waals surface area (Å²) in [7, 11) is 0. The summed E-state index contributed by atoms with van der Waals surface area (Å²) < 4.78 is 13.6. The van der Waals surface area contributed by atoms with Crippen molar-refractivity contribution in [1.82, 2.24) is 0 Å². The first-order valence-corrected chi connectivity index (χ1v) is 8.49. The van der Waals surface area contributed by atoms with Gasteiger partial charge < -0.3 is 10.2 Å². The number of carbonyl (C=O) groups excluding carboxylic acids is 2. The van der Waals surface area contributed by atoms with Crippen molar-refractivity contribution in [3.05, 3.63) is 59.4 Å². The lowest BCUT2D eigenvalue weighted by atomic mass is 10.1. The Balaban J connectivity index is 1.56. The van der Waals surface area contributed by atoms with Crippen LogP contribution in [0, 0.1) is 5.82 Å². The minimum Gasteiger partial charge on any atom is -0.326 e. The summed E-state index contributed by atoms with van der Waals surface area (Å²) in [5.74, 6) is -0.332. The van der Waals surface area contributed by atoms with Crippen LogP contribution in [0.4, 0.5) is 15.8 Å². The lowest BCUT2D eigenvalue weighted by Crippen LogP contribution is -2.25. The molecule has 0 saturated carbocycles. The van der Waals surface area contributed by atoms with Crippen LogP contribution < -0.4 is 10.2 Å². The molecule has 1 aliphatic heterocycles. The highest BCUT2D eigenvalue weighted by Crippen LogP contribution is 2.31. The molecule has 1 aliphatic rings. The van der Waals surface area contributed by atoms with Crippen molar-refractivity contribution in [2.24, 2.45) is 0 Å². The van der Waals surface area contributed by atoms with Crippen molar-refractivity contribution < 1.29 is 14.0 Å². The molecule has 1 heterocycles. The van der Waals surface area contributed by atoms with Crippen molar-refractivity contribution in [2.75, 3.05) is 16.8 Å². The smallest absolute Gasteiger partial charge is 0.224 e. The van der Waals surface area contributed by atoms with Gasteiger partial charge in [0.2, 0.25) is 11.8 Å². The van der Waals surface area contributed by atoms with Gasteiger partial charge in [0.05, 0.1) is 0 Å². The van der Waals surface area contributed by atoms with Crippen LogP contribution in [0.1, 0.15) is 30.9 Å². The summed E-state index contributed by atoms with van der Waals surface area (Å²) in [5, 5.41) is 2.86. The molecule has 25 heavy (non-hydrogen) atoms. The van der Waals surface area contributed by atoms with Gasteiger partial charge in [-0.25, -0.2) is 4.39 Å². The third kappa shape index (κ3) is 4.05. The van der Waals surface area contributed by atoms with Gasteiger partial charge in [-0.05, 0) is 48.6 Å². The average Bonchev–Trinajstić information content (AvgIpc) is 3.00. The first-order chi connectivity index (χ1) is 12.0. The summed E-state index contributed by atoms with van der Waals surface area (Å²) in [6.07, 6.45) is 2.27. The van der Waals surface area contributed by atoms with Gasteiger partial charge in [-0.3, -0.25) is 9.59 Å². The fourth-order valence-corrected chi connectivity index (χ4v) is 3.15. The first-order valence-electron chi connectivity index (χ1n) is 8.49. The van der Waals surface area contributed by atoms with Gasteiger partial charge in [-0.1, -0.05) is 24.3 Å². The quantitative estimate of drug-likeness (QED) is 0.902. The molecule has 0 radical (unpaired) electrons. The molecule has 4 nitrogen and oxygen atoms in total. The van der Waals surface area contributed by atoms with Crippen LogP contribution in [-0.2, 0) is 22.4 Å². The molecule has 0 fully saturated rings. The zero-order valence-electron chi connectivity index (χ0n) is 14.2. The summed E-state index contributed by atoms with van der Waals surface area (Å²) in [4.78, 5) is 25.5. The van der Waals surface area contributed by atoms with Gasteiger partial charge >= 0.3 is 0 Å². The molecule has 2 aromatic rings. The Kier molecular flexibility index (Phi) is 5.12. The molecular weight excluding hydrogens is 319 g/mol. The van der Waals surface area contributed by atoms with Crippen LogP contribution >= 0.6 is 0 Å². The summed E-state index contributed by atoms with van der Waals surface area (Å²) >= 11 is 0. The Morgan fingerprint density at radius 1 is 1.20 bits per heavy atom. The van der Waals surface area contributed by atoms with Gasteiger partial charge in [0.25, 0.3) is 0 Å². The third-order valence-electron chi connectivity index (χ3n) is 4.45. The zero-order chi connectivity index (χ0) is 17.8. The Morgan fingerprint density at radius 2 is 2.00 bits per heavy atom. The molecule has 0 bridgehead atoms. The summed E-state index contributed by atoms with van der Waals surface area (Å²) in [5.41, 5.74) is 3.30. The predicted molar refractivity (Wildman–Crippen MR) is 96.1 cm³/mol. The van der Waals surface area contributed by atoms with E-state index in [1.165, 1.54) is 6.07 Å². The number of benzene rings is 2. The van der Waals surface area contributed by atoms with E-state index in [1.54, 1.807) is 30.0 Å². The predicted octanol–water partition coefficient (Wildman–Crippen LogP) is 3.70. The minimum atomic E-state index is -0.231. The Bertz CT molecular complexity index is 804. The molecular formula is C20H21FN2O2. The number of aryl methyl sites for hydroxylation is 1. The van der Waals surface area contributed by atoms with Gasteiger partial charge in [-0.15, -0.1) is 0 Å². The molecule has 2 amide bonds. The van der Waals surface area contributed by atoms with Crippen LogP contribution in [-0.4, -0.2) is 18.4 Å². The molecule has 5 heteroatoms. The number of hydrogen-bond acceptors (Lipinski definition) is 2. The number of nitrogens with zero attached hydrogens (tertiary/aromatic N) is 1. The number of nitrogens with one attached hydrogen (secondary N) is 1. The Hall–Kier alpha value is -2.69. The van der Waals surface area contributed by atoms with Gasteiger partial charge in [-0.2, -0.15) is 0 Å². The molecule has 0 saturated heterocycles. The van der Waals surface area contributed by atoms with Crippen LogP contribution in [0.5, 0.6) is 0 Å². The maximum absolute atomic E-state index is 13.6. The van der Waals surface area contributed by atoms with E-state index in [1.807, 2.05) is 18.2 Å². The SMILES string of the molecule is CC(=O)N1CCc2ccc(NC(=O)CCCc3ccccc3F)cc21. The monoisotopic (exact) mass is 340 g/mol. The van der Waals surface area contributed by atoms with Crippen molar-refractivity contribution >= 4 is 23.2 Å². The second-order valence-corrected chi connectivity index (χ2v) is 6.26. The van der Waals surface area contributed by atoms with E-state index in [4.69, 9.17) is 0 Å². The van der Waals surface area contributed by atoms with Gasteiger partial charge in [0, 0.05) is 31.3 Å². The van der Waals surface area contributed by atoms with E-state index in [-0.39, 0.29) is 17.6 Å². The highest BCUT2D eigenvalue weighted by molar-refractivity contribution is 5.96. The van der Waals surface area contributed by atoms with E-state index < -0.39 is 0 Å². The Morgan fingerprint density at radius 3 is 2.76 bits per heavy atom. The van der Waals surface area contributed by atoms with Gasteiger partial charge in [0.1, 0.15) is 5.82 Å². The van der Waals surface area contributed by atoms with Crippen LogP contribution in [0.15, 0.2) is 42.5 Å². The largest absolute Gasteiger partial charge is 0.326 e. The third-order valence-corrected chi connectivity index (χ3v) is 4.45. The highest BCUT2D eigenvalue weighted by Gasteiger charge is 2.22. The van der Waals surface area contributed by atoms with E-state index in [9.17, 15) is 14.0 Å². The van der Waals surface area contributed by atoms with Crippen molar-refractivity contribution in [3.8, 4) is 0 Å². The second kappa shape index (κ2) is 7.47. The average molecular weight is 340 g/mol. The molecule has 0 aromatic heterocycles. The number of rotatable bonds is 5. The topological polar surface area (TPSA) is 49.4 Å². The summed E-state index contributed by atoms with van der Waals surface area (Å²) in [6, 6.07) is 12.3. The molecule has 130 valence electrons. The standard InChI is InChI=1S/C20H21FN2O2/c1-14(24)23-12-11-16-9-10-17(13-19(16)23)22-20(25)8-4-6-15-5-2-3-7-18(15)21/h2-3,5,7,9-10,13H,4,6,8,11-12H2,1H3,(H,22,25). The van der Waals surface area contributed by atoms with Crippen molar-refractivity contribution in [2.45, 2.75) is 32.6 Å². The Labute approximate surface area is 146 Å². The first kappa shape index (κ1) is 17.1.